The van der Waals surface area contributed by atoms with Crippen molar-refractivity contribution in [1.82, 2.24) is 10.3 Å². The number of nitrogens with two attached hydrogens (primary N) is 1. The standard InChI is InChI=1S/C15H19N3O2/c1-10(7-11-5-3-4-6-14(11)20-2)18-15(19)13-8-12(16)9-17-13/h3-6,8-10,17H,7,16H2,1-2H3,(H,18,19). The fourth-order valence-corrected chi connectivity index (χ4v) is 2.10. The molecule has 5 nitrogen and oxygen atoms in total. The fraction of sp³-hybridized carbons (Fsp3) is 0.267. The number of nitrogen functional groups attached to an aromatic ring is 1. The van der Waals surface area contributed by atoms with E-state index in [1.54, 1.807) is 19.4 Å². The first-order valence-electron chi connectivity index (χ1n) is 6.47. The molecular formula is C15H19N3O2. The number of H-pyrrole nitrogens is 1. The number of para-hydroxylation sites is 1. The summed E-state index contributed by atoms with van der Waals surface area (Å²) in [6, 6.07) is 9.39. The molecular weight excluding hydrogens is 254 g/mol. The minimum Gasteiger partial charge on any atom is -0.496 e. The largest absolute Gasteiger partial charge is 0.496 e. The maximum atomic E-state index is 12.0. The molecule has 0 aliphatic rings. The van der Waals surface area contributed by atoms with Gasteiger partial charge < -0.3 is 20.8 Å². The Hall–Kier alpha value is -2.43. The van der Waals surface area contributed by atoms with Crippen LogP contribution in [0.1, 0.15) is 23.0 Å². The van der Waals surface area contributed by atoms with Crippen LogP contribution in [0.3, 0.4) is 0 Å². The number of amides is 1. The molecule has 1 aromatic carbocycles. The van der Waals surface area contributed by atoms with Crippen LogP contribution in [0.25, 0.3) is 0 Å². The predicted molar refractivity (Wildman–Crippen MR) is 78.8 cm³/mol. The maximum absolute atomic E-state index is 12.0. The Morgan fingerprint density at radius 2 is 2.20 bits per heavy atom. The third-order valence-corrected chi connectivity index (χ3v) is 3.05. The first kappa shape index (κ1) is 14.0. The van der Waals surface area contributed by atoms with E-state index in [4.69, 9.17) is 10.5 Å². The number of aromatic amines is 1. The zero-order valence-electron chi connectivity index (χ0n) is 11.6. The Bertz CT molecular complexity index is 592. The van der Waals surface area contributed by atoms with E-state index in [0.29, 0.717) is 17.8 Å². The van der Waals surface area contributed by atoms with Crippen molar-refractivity contribution in [2.45, 2.75) is 19.4 Å². The van der Waals surface area contributed by atoms with Crippen LogP contribution in [0, 0.1) is 0 Å². The lowest BCUT2D eigenvalue weighted by Gasteiger charge is -2.15. The summed E-state index contributed by atoms with van der Waals surface area (Å²) in [5, 5.41) is 2.93. The van der Waals surface area contributed by atoms with Crippen LogP contribution >= 0.6 is 0 Å². The maximum Gasteiger partial charge on any atom is 0.267 e. The highest BCUT2D eigenvalue weighted by atomic mass is 16.5. The fourth-order valence-electron chi connectivity index (χ4n) is 2.10. The van der Waals surface area contributed by atoms with Crippen molar-refractivity contribution in [1.29, 1.82) is 0 Å². The van der Waals surface area contributed by atoms with Gasteiger partial charge in [-0.15, -0.1) is 0 Å². The van der Waals surface area contributed by atoms with Crippen molar-refractivity contribution in [2.75, 3.05) is 12.8 Å². The van der Waals surface area contributed by atoms with Crippen LogP contribution in [0.5, 0.6) is 5.75 Å². The van der Waals surface area contributed by atoms with Crippen LogP contribution in [-0.4, -0.2) is 24.0 Å². The predicted octanol–water partition coefficient (Wildman–Crippen LogP) is 1.97. The van der Waals surface area contributed by atoms with Gasteiger partial charge in [0.1, 0.15) is 11.4 Å². The summed E-state index contributed by atoms with van der Waals surface area (Å²) >= 11 is 0. The minimum atomic E-state index is -0.163. The number of ether oxygens (including phenoxy) is 1. The van der Waals surface area contributed by atoms with Gasteiger partial charge in [0.2, 0.25) is 0 Å². The topological polar surface area (TPSA) is 80.1 Å². The summed E-state index contributed by atoms with van der Waals surface area (Å²) in [5.74, 6) is 0.668. The number of hydrogen-bond acceptors (Lipinski definition) is 3. The van der Waals surface area contributed by atoms with E-state index < -0.39 is 0 Å². The lowest BCUT2D eigenvalue weighted by molar-refractivity contribution is 0.0935. The zero-order chi connectivity index (χ0) is 14.5. The summed E-state index contributed by atoms with van der Waals surface area (Å²) in [6.45, 7) is 1.95. The third-order valence-electron chi connectivity index (χ3n) is 3.05. The molecule has 5 heteroatoms. The normalized spacial score (nSPS) is 11.9. The molecule has 0 saturated heterocycles. The molecule has 0 spiro atoms. The molecule has 4 N–H and O–H groups in total. The van der Waals surface area contributed by atoms with E-state index in [9.17, 15) is 4.79 Å². The summed E-state index contributed by atoms with van der Waals surface area (Å²) in [5.41, 5.74) is 7.66. The van der Waals surface area contributed by atoms with Gasteiger partial charge in [-0.1, -0.05) is 18.2 Å². The SMILES string of the molecule is COc1ccccc1CC(C)NC(=O)c1cc(N)c[nH]1. The number of rotatable bonds is 5. The Balaban J connectivity index is 1.98. The number of nitrogens with one attached hydrogen (secondary N) is 2. The van der Waals surface area contributed by atoms with Crippen molar-refractivity contribution in [3.05, 3.63) is 47.8 Å². The Morgan fingerprint density at radius 1 is 1.45 bits per heavy atom. The molecule has 0 aliphatic heterocycles. The van der Waals surface area contributed by atoms with Gasteiger partial charge in [-0.3, -0.25) is 4.79 Å². The van der Waals surface area contributed by atoms with Crippen LogP contribution in [-0.2, 0) is 6.42 Å². The molecule has 1 heterocycles. The molecule has 1 aromatic heterocycles. The number of methoxy groups -OCH3 is 1. The lowest BCUT2D eigenvalue weighted by atomic mass is 10.1. The number of benzene rings is 1. The highest BCUT2D eigenvalue weighted by Gasteiger charge is 2.13. The van der Waals surface area contributed by atoms with E-state index >= 15 is 0 Å². The Kier molecular flexibility index (Phi) is 4.30. The lowest BCUT2D eigenvalue weighted by Crippen LogP contribution is -2.34. The van der Waals surface area contributed by atoms with Gasteiger partial charge in [0.25, 0.3) is 5.91 Å². The van der Waals surface area contributed by atoms with Crippen molar-refractivity contribution in [3.63, 3.8) is 0 Å². The quantitative estimate of drug-likeness (QED) is 0.779. The minimum absolute atomic E-state index is 0.0108. The van der Waals surface area contributed by atoms with Gasteiger partial charge >= 0.3 is 0 Å². The van der Waals surface area contributed by atoms with E-state index in [-0.39, 0.29) is 11.9 Å². The van der Waals surface area contributed by atoms with Crippen molar-refractivity contribution >= 4 is 11.6 Å². The average molecular weight is 273 g/mol. The van der Waals surface area contributed by atoms with E-state index in [0.717, 1.165) is 11.3 Å². The van der Waals surface area contributed by atoms with Gasteiger partial charge in [-0.25, -0.2) is 0 Å². The molecule has 2 rings (SSSR count). The highest BCUT2D eigenvalue weighted by molar-refractivity contribution is 5.93. The van der Waals surface area contributed by atoms with Gasteiger partial charge in [0.15, 0.2) is 0 Å². The number of aromatic nitrogens is 1. The molecule has 2 aromatic rings. The second-order valence-electron chi connectivity index (χ2n) is 4.74. The summed E-state index contributed by atoms with van der Waals surface area (Å²) in [7, 11) is 1.64. The van der Waals surface area contributed by atoms with Crippen LogP contribution in [0.4, 0.5) is 5.69 Å². The molecule has 0 radical (unpaired) electrons. The Morgan fingerprint density at radius 3 is 2.85 bits per heavy atom. The van der Waals surface area contributed by atoms with Gasteiger partial charge in [0.05, 0.1) is 7.11 Å². The number of carbonyl (C=O) groups is 1. The zero-order valence-corrected chi connectivity index (χ0v) is 11.6. The smallest absolute Gasteiger partial charge is 0.267 e. The van der Waals surface area contributed by atoms with Crippen LogP contribution in [0.2, 0.25) is 0 Å². The second kappa shape index (κ2) is 6.14. The van der Waals surface area contributed by atoms with Gasteiger partial charge in [-0.2, -0.15) is 0 Å². The number of anilines is 1. The molecule has 0 fully saturated rings. The average Bonchev–Trinajstić information content (AvgIpc) is 2.86. The monoisotopic (exact) mass is 273 g/mol. The molecule has 106 valence electrons. The van der Waals surface area contributed by atoms with E-state index in [1.165, 1.54) is 0 Å². The second-order valence-corrected chi connectivity index (χ2v) is 4.74. The van der Waals surface area contributed by atoms with E-state index in [2.05, 4.69) is 10.3 Å². The summed E-state index contributed by atoms with van der Waals surface area (Å²) in [6.07, 6.45) is 2.30. The molecule has 0 aliphatic carbocycles. The summed E-state index contributed by atoms with van der Waals surface area (Å²) < 4.78 is 5.30. The van der Waals surface area contributed by atoms with Crippen LogP contribution < -0.4 is 15.8 Å². The Labute approximate surface area is 118 Å². The van der Waals surface area contributed by atoms with Crippen LogP contribution in [0.15, 0.2) is 36.5 Å². The van der Waals surface area contributed by atoms with Crippen molar-refractivity contribution < 1.29 is 9.53 Å². The summed E-state index contributed by atoms with van der Waals surface area (Å²) in [4.78, 5) is 14.8. The highest BCUT2D eigenvalue weighted by Crippen LogP contribution is 2.19. The first-order valence-corrected chi connectivity index (χ1v) is 6.47. The van der Waals surface area contributed by atoms with E-state index in [1.807, 2.05) is 31.2 Å². The van der Waals surface area contributed by atoms with Gasteiger partial charge in [0, 0.05) is 17.9 Å². The molecule has 0 saturated carbocycles. The number of hydrogen-bond donors (Lipinski definition) is 3. The molecule has 1 unspecified atom stereocenters. The third kappa shape index (κ3) is 3.32. The van der Waals surface area contributed by atoms with Gasteiger partial charge in [-0.05, 0) is 31.0 Å². The van der Waals surface area contributed by atoms with Crippen molar-refractivity contribution in [3.8, 4) is 5.75 Å². The number of carbonyl (C=O) groups excluding carboxylic acids is 1. The molecule has 0 bridgehead atoms. The van der Waals surface area contributed by atoms with Crippen molar-refractivity contribution in [2.24, 2.45) is 0 Å². The molecule has 1 atom stereocenters. The molecule has 20 heavy (non-hydrogen) atoms. The molecule has 1 amide bonds. The first-order chi connectivity index (χ1) is 9.60.